The van der Waals surface area contributed by atoms with Crippen LogP contribution in [0.3, 0.4) is 0 Å². The molecular weight excluding hydrogens is 436 g/mol. The Morgan fingerprint density at radius 1 is 0.909 bits per heavy atom. The molecule has 1 N–H and O–H groups in total. The second-order valence-corrected chi connectivity index (χ2v) is 8.19. The second kappa shape index (κ2) is 9.51. The minimum absolute atomic E-state index is 0.231. The summed E-state index contributed by atoms with van der Waals surface area (Å²) in [6.45, 7) is 6.41. The van der Waals surface area contributed by atoms with Gasteiger partial charge in [0.05, 0.1) is 17.9 Å². The van der Waals surface area contributed by atoms with Crippen molar-refractivity contribution in [3.63, 3.8) is 0 Å². The molecule has 3 aromatic rings. The normalized spacial score (nSPS) is 13.6. The summed E-state index contributed by atoms with van der Waals surface area (Å²) in [4.78, 5) is 28.3. The number of hydrogen-bond donors (Lipinski definition) is 1. The number of halogens is 1. The molecule has 33 heavy (non-hydrogen) atoms. The van der Waals surface area contributed by atoms with E-state index in [9.17, 15) is 9.59 Å². The number of carbonyl (C=O) groups is 2. The standard InChI is InChI=1S/C27H25ClN2O3/c1-4-18-6-11-21(12-7-18)30-26(31)24(19-8-13-22(14-9-19)33-5-2)25(27(30)32)29-23-15-10-20(28)16-17(23)3/h6-16,29H,4-5H2,1-3H3. The Balaban J connectivity index is 1.79. The van der Waals surface area contributed by atoms with Gasteiger partial charge in [-0.3, -0.25) is 9.59 Å². The number of benzene rings is 3. The molecule has 0 aromatic heterocycles. The Morgan fingerprint density at radius 3 is 2.21 bits per heavy atom. The molecule has 0 bridgehead atoms. The smallest absolute Gasteiger partial charge is 0.282 e. The molecule has 0 radical (unpaired) electrons. The van der Waals surface area contributed by atoms with Crippen LogP contribution in [0.15, 0.2) is 72.4 Å². The highest BCUT2D eigenvalue weighted by molar-refractivity contribution is 6.46. The number of imide groups is 1. The fraction of sp³-hybridized carbons (Fsp3) is 0.185. The number of carbonyl (C=O) groups excluding carboxylic acids is 2. The van der Waals surface area contributed by atoms with E-state index < -0.39 is 5.91 Å². The Morgan fingerprint density at radius 2 is 1.61 bits per heavy atom. The molecule has 1 aliphatic heterocycles. The van der Waals surface area contributed by atoms with Crippen molar-refractivity contribution in [2.24, 2.45) is 0 Å². The van der Waals surface area contributed by atoms with Crippen molar-refractivity contribution in [3.8, 4) is 5.75 Å². The van der Waals surface area contributed by atoms with Crippen LogP contribution in [-0.2, 0) is 16.0 Å². The van der Waals surface area contributed by atoms with E-state index >= 15 is 0 Å². The van der Waals surface area contributed by atoms with Gasteiger partial charge in [0, 0.05) is 10.7 Å². The molecule has 0 spiro atoms. The van der Waals surface area contributed by atoms with Crippen molar-refractivity contribution in [1.82, 2.24) is 0 Å². The first-order chi connectivity index (χ1) is 15.9. The molecule has 0 saturated carbocycles. The molecule has 168 valence electrons. The molecule has 3 aromatic carbocycles. The number of rotatable bonds is 7. The van der Waals surface area contributed by atoms with Crippen LogP contribution in [0.4, 0.5) is 11.4 Å². The van der Waals surface area contributed by atoms with Crippen LogP contribution in [-0.4, -0.2) is 18.4 Å². The highest BCUT2D eigenvalue weighted by Gasteiger charge is 2.40. The Hall–Kier alpha value is -3.57. The molecule has 6 heteroatoms. The van der Waals surface area contributed by atoms with E-state index in [0.717, 1.165) is 17.5 Å². The van der Waals surface area contributed by atoms with Crippen LogP contribution >= 0.6 is 11.6 Å². The van der Waals surface area contributed by atoms with E-state index in [1.807, 2.05) is 32.0 Å². The lowest BCUT2D eigenvalue weighted by molar-refractivity contribution is -0.120. The maximum Gasteiger partial charge on any atom is 0.282 e. The van der Waals surface area contributed by atoms with E-state index in [1.54, 1.807) is 48.5 Å². The van der Waals surface area contributed by atoms with Crippen LogP contribution < -0.4 is 15.0 Å². The molecule has 0 unspecified atom stereocenters. The number of hydrogen-bond acceptors (Lipinski definition) is 4. The molecule has 0 atom stereocenters. The number of anilines is 2. The number of nitrogens with one attached hydrogen (secondary N) is 1. The quantitative estimate of drug-likeness (QED) is 0.439. The number of aryl methyl sites for hydroxylation is 2. The maximum atomic E-state index is 13.6. The van der Waals surface area contributed by atoms with Crippen molar-refractivity contribution < 1.29 is 14.3 Å². The lowest BCUT2D eigenvalue weighted by Crippen LogP contribution is -2.32. The largest absolute Gasteiger partial charge is 0.494 e. The summed E-state index contributed by atoms with van der Waals surface area (Å²) in [6, 6.07) is 20.0. The van der Waals surface area contributed by atoms with E-state index in [0.29, 0.717) is 39.9 Å². The van der Waals surface area contributed by atoms with E-state index in [2.05, 4.69) is 12.2 Å². The molecule has 0 fully saturated rings. The Bertz CT molecular complexity index is 1230. The maximum absolute atomic E-state index is 13.6. The highest BCUT2D eigenvalue weighted by atomic mass is 35.5. The third-order valence-corrected chi connectivity index (χ3v) is 5.82. The van der Waals surface area contributed by atoms with Gasteiger partial charge in [0.15, 0.2) is 0 Å². The molecule has 1 heterocycles. The molecular formula is C27H25ClN2O3. The predicted octanol–water partition coefficient (Wildman–Crippen LogP) is 6.01. The van der Waals surface area contributed by atoms with Gasteiger partial charge in [-0.1, -0.05) is 42.8 Å². The van der Waals surface area contributed by atoms with Crippen molar-refractivity contribution in [2.45, 2.75) is 27.2 Å². The molecule has 5 nitrogen and oxygen atoms in total. The van der Waals surface area contributed by atoms with Crippen molar-refractivity contribution in [2.75, 3.05) is 16.8 Å². The van der Waals surface area contributed by atoms with Crippen molar-refractivity contribution >= 4 is 40.4 Å². The fourth-order valence-electron chi connectivity index (χ4n) is 3.82. The zero-order valence-corrected chi connectivity index (χ0v) is 19.6. The zero-order chi connectivity index (χ0) is 23.5. The summed E-state index contributed by atoms with van der Waals surface area (Å²) >= 11 is 6.10. The Labute approximate surface area is 198 Å². The zero-order valence-electron chi connectivity index (χ0n) is 18.8. The van der Waals surface area contributed by atoms with Crippen molar-refractivity contribution in [1.29, 1.82) is 0 Å². The molecule has 2 amide bonds. The summed E-state index contributed by atoms with van der Waals surface area (Å²) < 4.78 is 5.53. The monoisotopic (exact) mass is 460 g/mol. The first-order valence-electron chi connectivity index (χ1n) is 10.9. The van der Waals surface area contributed by atoms with Gasteiger partial charge < -0.3 is 10.1 Å². The lowest BCUT2D eigenvalue weighted by Gasteiger charge is -2.16. The van der Waals surface area contributed by atoms with Crippen LogP contribution in [0, 0.1) is 6.92 Å². The lowest BCUT2D eigenvalue weighted by atomic mass is 10.0. The van der Waals surface area contributed by atoms with Gasteiger partial charge in [0.1, 0.15) is 11.4 Å². The van der Waals surface area contributed by atoms with Gasteiger partial charge in [0.2, 0.25) is 0 Å². The van der Waals surface area contributed by atoms with Gasteiger partial charge in [-0.25, -0.2) is 4.90 Å². The predicted molar refractivity (Wildman–Crippen MR) is 133 cm³/mol. The summed E-state index contributed by atoms with van der Waals surface area (Å²) in [5.74, 6) is -0.0707. The van der Waals surface area contributed by atoms with Gasteiger partial charge in [0.25, 0.3) is 11.8 Å². The third-order valence-electron chi connectivity index (χ3n) is 5.59. The number of ether oxygens (including phenoxy) is 1. The van der Waals surface area contributed by atoms with Gasteiger partial charge in [-0.05, 0) is 79.4 Å². The molecule has 4 rings (SSSR count). The van der Waals surface area contributed by atoms with Crippen molar-refractivity contribution in [3.05, 3.63) is 94.1 Å². The summed E-state index contributed by atoms with van der Waals surface area (Å²) in [5, 5.41) is 3.81. The number of nitrogens with zero attached hydrogens (tertiary/aromatic N) is 1. The minimum atomic E-state index is -0.400. The summed E-state index contributed by atoms with van der Waals surface area (Å²) in [7, 11) is 0. The average molecular weight is 461 g/mol. The first kappa shape index (κ1) is 22.6. The van der Waals surface area contributed by atoms with Crippen LogP contribution in [0.25, 0.3) is 5.57 Å². The molecule has 0 aliphatic carbocycles. The molecule has 0 saturated heterocycles. The van der Waals surface area contributed by atoms with E-state index in [-0.39, 0.29) is 11.6 Å². The fourth-order valence-corrected chi connectivity index (χ4v) is 4.04. The topological polar surface area (TPSA) is 58.6 Å². The highest BCUT2D eigenvalue weighted by Crippen LogP contribution is 2.35. The average Bonchev–Trinajstić information content (AvgIpc) is 3.06. The Kier molecular flexibility index (Phi) is 6.52. The number of amides is 2. The van der Waals surface area contributed by atoms with Crippen LogP contribution in [0.5, 0.6) is 5.75 Å². The van der Waals surface area contributed by atoms with Gasteiger partial charge >= 0.3 is 0 Å². The molecule has 1 aliphatic rings. The van der Waals surface area contributed by atoms with E-state index in [4.69, 9.17) is 16.3 Å². The van der Waals surface area contributed by atoms with Gasteiger partial charge in [-0.15, -0.1) is 0 Å². The summed E-state index contributed by atoms with van der Waals surface area (Å²) in [5.41, 5.74) is 4.43. The summed E-state index contributed by atoms with van der Waals surface area (Å²) in [6.07, 6.45) is 0.875. The van der Waals surface area contributed by atoms with Gasteiger partial charge in [-0.2, -0.15) is 0 Å². The van der Waals surface area contributed by atoms with Crippen LogP contribution in [0.1, 0.15) is 30.5 Å². The van der Waals surface area contributed by atoms with E-state index in [1.165, 1.54) is 4.90 Å². The minimum Gasteiger partial charge on any atom is -0.494 e. The second-order valence-electron chi connectivity index (χ2n) is 7.76. The first-order valence-corrected chi connectivity index (χ1v) is 11.3. The van der Waals surface area contributed by atoms with Crippen LogP contribution in [0.2, 0.25) is 5.02 Å². The SMILES string of the molecule is CCOc1ccc(C2=C(Nc3ccc(Cl)cc3C)C(=O)N(c3ccc(CC)cc3)C2=O)cc1. The third kappa shape index (κ3) is 4.50.